The van der Waals surface area contributed by atoms with Gasteiger partial charge in [-0.2, -0.15) is 0 Å². The minimum Gasteiger partial charge on any atom is -0.486 e. The average molecular weight is 292 g/mol. The molecule has 0 amide bonds. The van der Waals surface area contributed by atoms with E-state index in [-0.39, 0.29) is 11.4 Å². The minimum absolute atomic E-state index is 0.0353. The molecule has 0 aliphatic rings. The number of nitro benzene ring substituents is 1. The van der Waals surface area contributed by atoms with Crippen molar-refractivity contribution in [1.82, 2.24) is 0 Å². The molecule has 5 heteroatoms. The van der Waals surface area contributed by atoms with E-state index in [4.69, 9.17) is 16.3 Å². The van der Waals surface area contributed by atoms with Crippen molar-refractivity contribution in [3.63, 3.8) is 0 Å². The molecule has 104 valence electrons. The molecule has 0 radical (unpaired) electrons. The van der Waals surface area contributed by atoms with Gasteiger partial charge in [0.05, 0.1) is 11.5 Å². The number of nitro groups is 1. The maximum atomic E-state index is 10.9. The Hall–Kier alpha value is -2.07. The Kier molecular flexibility index (Phi) is 4.96. The van der Waals surface area contributed by atoms with Crippen LogP contribution in [0.25, 0.3) is 0 Å². The molecule has 2 rings (SSSR count). The highest BCUT2D eigenvalue weighted by molar-refractivity contribution is 6.17. The molecular formula is C15H14ClNO3. The molecule has 20 heavy (non-hydrogen) atoms. The fourth-order valence-corrected chi connectivity index (χ4v) is 2.00. The van der Waals surface area contributed by atoms with Gasteiger partial charge >= 0.3 is 5.69 Å². The quantitative estimate of drug-likeness (QED) is 0.460. The van der Waals surface area contributed by atoms with Crippen LogP contribution >= 0.6 is 11.6 Å². The number of rotatable bonds is 6. The van der Waals surface area contributed by atoms with Crippen LogP contribution in [0.4, 0.5) is 5.69 Å². The molecule has 0 atom stereocenters. The molecule has 0 heterocycles. The molecule has 2 aromatic carbocycles. The third kappa shape index (κ3) is 3.71. The van der Waals surface area contributed by atoms with E-state index in [9.17, 15) is 10.1 Å². The van der Waals surface area contributed by atoms with Crippen molar-refractivity contribution in [3.8, 4) is 5.75 Å². The van der Waals surface area contributed by atoms with Gasteiger partial charge in [-0.1, -0.05) is 36.4 Å². The first-order valence-corrected chi connectivity index (χ1v) is 6.74. The maximum Gasteiger partial charge on any atom is 0.310 e. The van der Waals surface area contributed by atoms with Crippen molar-refractivity contribution < 1.29 is 9.66 Å². The molecule has 0 aliphatic heterocycles. The van der Waals surface area contributed by atoms with Crippen molar-refractivity contribution >= 4 is 17.3 Å². The van der Waals surface area contributed by atoms with Crippen LogP contribution in [0.1, 0.15) is 11.1 Å². The molecular weight excluding hydrogens is 278 g/mol. The van der Waals surface area contributed by atoms with E-state index < -0.39 is 4.92 Å². The summed E-state index contributed by atoms with van der Waals surface area (Å²) < 4.78 is 5.54. The Morgan fingerprint density at radius 2 is 1.85 bits per heavy atom. The maximum absolute atomic E-state index is 10.9. The fraction of sp³-hybridized carbons (Fsp3) is 0.200. The van der Waals surface area contributed by atoms with Gasteiger partial charge in [0.25, 0.3) is 0 Å². The van der Waals surface area contributed by atoms with Crippen molar-refractivity contribution in [2.45, 2.75) is 12.3 Å². The van der Waals surface area contributed by atoms with Gasteiger partial charge in [0.2, 0.25) is 0 Å². The second kappa shape index (κ2) is 6.91. The summed E-state index contributed by atoms with van der Waals surface area (Å²) in [6.07, 6.45) is 0.698. The molecule has 0 unspecified atom stereocenters. The van der Waals surface area contributed by atoms with Gasteiger partial charge in [0.15, 0.2) is 5.75 Å². The van der Waals surface area contributed by atoms with Gasteiger partial charge < -0.3 is 4.74 Å². The van der Waals surface area contributed by atoms with E-state index in [0.717, 1.165) is 11.1 Å². The highest BCUT2D eigenvalue weighted by Gasteiger charge is 2.15. The Balaban J connectivity index is 2.06. The summed E-state index contributed by atoms with van der Waals surface area (Å²) in [5, 5.41) is 10.9. The molecule has 0 saturated heterocycles. The van der Waals surface area contributed by atoms with Crippen molar-refractivity contribution in [2.75, 3.05) is 6.61 Å². The number of benzene rings is 2. The summed E-state index contributed by atoms with van der Waals surface area (Å²) in [6, 6.07) is 14.5. The lowest BCUT2D eigenvalue weighted by atomic mass is 10.2. The Morgan fingerprint density at radius 1 is 1.10 bits per heavy atom. The normalized spacial score (nSPS) is 10.2. The first-order valence-electron chi connectivity index (χ1n) is 6.20. The Morgan fingerprint density at radius 3 is 2.50 bits per heavy atom. The third-order valence-corrected chi connectivity index (χ3v) is 3.17. The summed E-state index contributed by atoms with van der Waals surface area (Å²) in [5.41, 5.74) is 1.89. The predicted octanol–water partition coefficient (Wildman–Crippen LogP) is 3.96. The SMILES string of the molecule is O=[N+]([O-])c1ccc(CCl)cc1OCCc1ccccc1. The largest absolute Gasteiger partial charge is 0.486 e. The second-order valence-electron chi connectivity index (χ2n) is 4.28. The summed E-state index contributed by atoms with van der Waals surface area (Å²) in [6.45, 7) is 0.386. The lowest BCUT2D eigenvalue weighted by Crippen LogP contribution is -2.04. The van der Waals surface area contributed by atoms with Crippen LogP contribution in [0.5, 0.6) is 5.75 Å². The van der Waals surface area contributed by atoms with Crippen LogP contribution in [0, 0.1) is 10.1 Å². The molecule has 0 aromatic heterocycles. The number of hydrogen-bond donors (Lipinski definition) is 0. The molecule has 0 saturated carbocycles. The summed E-state index contributed by atoms with van der Waals surface area (Å²) in [5.74, 6) is 0.566. The van der Waals surface area contributed by atoms with Crippen LogP contribution < -0.4 is 4.74 Å². The summed E-state index contributed by atoms with van der Waals surface area (Å²) in [4.78, 5) is 10.5. The van der Waals surface area contributed by atoms with Crippen LogP contribution in [0.2, 0.25) is 0 Å². The highest BCUT2D eigenvalue weighted by Crippen LogP contribution is 2.28. The standard InChI is InChI=1S/C15H14ClNO3/c16-11-13-6-7-14(17(18)19)15(10-13)20-9-8-12-4-2-1-3-5-12/h1-7,10H,8-9,11H2. The first-order chi connectivity index (χ1) is 9.70. The van der Waals surface area contributed by atoms with Crippen molar-refractivity contribution in [2.24, 2.45) is 0 Å². The van der Waals surface area contributed by atoms with Crippen molar-refractivity contribution in [1.29, 1.82) is 0 Å². The number of ether oxygens (including phenoxy) is 1. The Bertz CT molecular complexity index is 587. The monoisotopic (exact) mass is 291 g/mol. The molecule has 0 spiro atoms. The molecule has 0 aliphatic carbocycles. The molecule has 2 aromatic rings. The minimum atomic E-state index is -0.449. The van der Waals surface area contributed by atoms with Gasteiger partial charge in [-0.3, -0.25) is 10.1 Å². The number of alkyl halides is 1. The molecule has 0 bridgehead atoms. The fourth-order valence-electron chi connectivity index (χ4n) is 1.83. The lowest BCUT2D eigenvalue weighted by Gasteiger charge is -2.08. The average Bonchev–Trinajstić information content (AvgIpc) is 2.48. The number of hydrogen-bond acceptors (Lipinski definition) is 3. The van der Waals surface area contributed by atoms with Crippen LogP contribution in [-0.4, -0.2) is 11.5 Å². The topological polar surface area (TPSA) is 52.4 Å². The molecule has 0 N–H and O–H groups in total. The zero-order chi connectivity index (χ0) is 14.4. The van der Waals surface area contributed by atoms with Gasteiger partial charge in [0.1, 0.15) is 0 Å². The third-order valence-electron chi connectivity index (χ3n) is 2.87. The van der Waals surface area contributed by atoms with Gasteiger partial charge in [-0.15, -0.1) is 11.6 Å². The summed E-state index contributed by atoms with van der Waals surface area (Å²) in [7, 11) is 0. The smallest absolute Gasteiger partial charge is 0.310 e. The zero-order valence-corrected chi connectivity index (χ0v) is 11.5. The Labute approximate surface area is 122 Å². The van der Waals surface area contributed by atoms with E-state index in [1.54, 1.807) is 12.1 Å². The van der Waals surface area contributed by atoms with Crippen LogP contribution in [-0.2, 0) is 12.3 Å². The number of nitrogens with zero attached hydrogens (tertiary/aromatic N) is 1. The summed E-state index contributed by atoms with van der Waals surface area (Å²) >= 11 is 5.74. The molecule has 4 nitrogen and oxygen atoms in total. The number of halogens is 1. The van der Waals surface area contributed by atoms with E-state index >= 15 is 0 Å². The van der Waals surface area contributed by atoms with E-state index in [2.05, 4.69) is 0 Å². The molecule has 0 fully saturated rings. The predicted molar refractivity (Wildman–Crippen MR) is 78.3 cm³/mol. The van der Waals surface area contributed by atoms with E-state index in [1.807, 2.05) is 30.3 Å². The van der Waals surface area contributed by atoms with Crippen molar-refractivity contribution in [3.05, 3.63) is 69.8 Å². The van der Waals surface area contributed by atoms with Gasteiger partial charge in [-0.05, 0) is 17.2 Å². The lowest BCUT2D eigenvalue weighted by molar-refractivity contribution is -0.385. The highest BCUT2D eigenvalue weighted by atomic mass is 35.5. The van der Waals surface area contributed by atoms with E-state index in [0.29, 0.717) is 18.9 Å². The van der Waals surface area contributed by atoms with Gasteiger partial charge in [-0.25, -0.2) is 0 Å². The van der Waals surface area contributed by atoms with Crippen LogP contribution in [0.15, 0.2) is 48.5 Å². The first kappa shape index (κ1) is 14.3. The second-order valence-corrected chi connectivity index (χ2v) is 4.54. The van der Waals surface area contributed by atoms with E-state index in [1.165, 1.54) is 6.07 Å². The van der Waals surface area contributed by atoms with Gasteiger partial charge in [0, 0.05) is 18.4 Å². The zero-order valence-electron chi connectivity index (χ0n) is 10.8. The van der Waals surface area contributed by atoms with Crippen LogP contribution in [0.3, 0.4) is 0 Å².